The van der Waals surface area contributed by atoms with Crippen molar-refractivity contribution in [2.75, 3.05) is 17.7 Å². The average molecular weight is 381 g/mol. The molecule has 7 nitrogen and oxygen atoms in total. The molecule has 24 heavy (non-hydrogen) atoms. The van der Waals surface area contributed by atoms with Crippen molar-refractivity contribution < 1.29 is 4.74 Å². The number of hydrogen-bond acceptors (Lipinski definition) is 9. The third kappa shape index (κ3) is 4.25. The van der Waals surface area contributed by atoms with E-state index in [0.29, 0.717) is 26.3 Å². The fourth-order valence-corrected chi connectivity index (χ4v) is 3.80. The number of nitrogens with one attached hydrogen (secondary N) is 1. The summed E-state index contributed by atoms with van der Waals surface area (Å²) in [6, 6.07) is 9.29. The number of anilines is 3. The van der Waals surface area contributed by atoms with E-state index in [4.69, 9.17) is 22.1 Å². The van der Waals surface area contributed by atoms with Crippen LogP contribution in [-0.2, 0) is 0 Å². The molecule has 0 radical (unpaired) electrons. The molecule has 2 aromatic heterocycles. The van der Waals surface area contributed by atoms with Crippen molar-refractivity contribution in [1.82, 2.24) is 20.2 Å². The fraction of sp³-hybridized carbons (Fsp3) is 0.143. The van der Waals surface area contributed by atoms with Gasteiger partial charge in [0, 0.05) is 6.07 Å². The van der Waals surface area contributed by atoms with Gasteiger partial charge in [0.2, 0.25) is 11.1 Å². The summed E-state index contributed by atoms with van der Waals surface area (Å²) < 4.78 is 6.29. The summed E-state index contributed by atoms with van der Waals surface area (Å²) in [5.74, 6) is 0.887. The predicted octanol–water partition coefficient (Wildman–Crippen LogP) is 3.86. The van der Waals surface area contributed by atoms with Gasteiger partial charge in [-0.15, -0.1) is 10.2 Å². The van der Waals surface area contributed by atoms with Gasteiger partial charge in [-0.2, -0.15) is 0 Å². The molecule has 124 valence electrons. The number of nitrogens with two attached hydrogens (primary N) is 1. The lowest BCUT2D eigenvalue weighted by atomic mass is 10.3. The molecule has 0 atom stereocenters. The average Bonchev–Trinajstić information content (AvgIpc) is 2.95. The van der Waals surface area contributed by atoms with Crippen LogP contribution in [0.25, 0.3) is 0 Å². The Hall–Kier alpha value is -2.10. The maximum Gasteiger partial charge on any atom is 0.222 e. The summed E-state index contributed by atoms with van der Waals surface area (Å²) in [7, 11) is 0. The minimum atomic E-state index is 0.124. The third-order valence-corrected chi connectivity index (χ3v) is 4.72. The lowest BCUT2D eigenvalue weighted by molar-refractivity contribution is 0.342. The van der Waals surface area contributed by atoms with E-state index in [1.165, 1.54) is 23.1 Å². The topological polar surface area (TPSA) is 98.8 Å². The van der Waals surface area contributed by atoms with E-state index in [1.807, 2.05) is 31.2 Å². The maximum absolute atomic E-state index is 5.87. The largest absolute Gasteiger partial charge is 0.492 e. The monoisotopic (exact) mass is 380 g/mol. The van der Waals surface area contributed by atoms with Gasteiger partial charge in [0.1, 0.15) is 15.9 Å². The van der Waals surface area contributed by atoms with Crippen LogP contribution in [0.1, 0.15) is 6.92 Å². The van der Waals surface area contributed by atoms with Crippen molar-refractivity contribution in [2.45, 2.75) is 16.3 Å². The molecule has 3 aromatic rings. The van der Waals surface area contributed by atoms with Crippen LogP contribution in [0.15, 0.2) is 39.7 Å². The summed E-state index contributed by atoms with van der Waals surface area (Å²) in [6.07, 6.45) is 0. The van der Waals surface area contributed by atoms with Crippen molar-refractivity contribution in [3.05, 3.63) is 35.5 Å². The third-order valence-electron chi connectivity index (χ3n) is 2.72. The highest BCUT2D eigenvalue weighted by molar-refractivity contribution is 8.01. The van der Waals surface area contributed by atoms with E-state index in [0.717, 1.165) is 11.4 Å². The second-order valence-corrected chi connectivity index (χ2v) is 7.05. The molecular weight excluding hydrogens is 368 g/mol. The fourth-order valence-electron chi connectivity index (χ4n) is 1.82. The van der Waals surface area contributed by atoms with Gasteiger partial charge in [-0.05, 0) is 30.8 Å². The first-order valence-electron chi connectivity index (χ1n) is 6.94. The first-order valence-corrected chi connectivity index (χ1v) is 8.95. The molecule has 0 amide bonds. The van der Waals surface area contributed by atoms with Gasteiger partial charge in [-0.1, -0.05) is 35.1 Å². The molecule has 0 aliphatic rings. The number of ether oxygens (including phenoxy) is 1. The highest BCUT2D eigenvalue weighted by atomic mass is 35.5. The normalized spacial score (nSPS) is 10.6. The Morgan fingerprint density at radius 3 is 2.92 bits per heavy atom. The molecule has 0 fully saturated rings. The summed E-state index contributed by atoms with van der Waals surface area (Å²) in [6.45, 7) is 2.53. The maximum atomic E-state index is 5.87. The summed E-state index contributed by atoms with van der Waals surface area (Å²) >= 11 is 8.58. The number of hydrogen-bond donors (Lipinski definition) is 2. The summed E-state index contributed by atoms with van der Waals surface area (Å²) in [4.78, 5) is 7.93. The predicted molar refractivity (Wildman–Crippen MR) is 96.4 cm³/mol. The van der Waals surface area contributed by atoms with Gasteiger partial charge < -0.3 is 15.8 Å². The van der Waals surface area contributed by atoms with Crippen molar-refractivity contribution >= 4 is 51.5 Å². The molecule has 2 heterocycles. The first kappa shape index (κ1) is 16.7. The van der Waals surface area contributed by atoms with Crippen LogP contribution in [0.4, 0.5) is 16.8 Å². The molecule has 3 N–H and O–H groups in total. The van der Waals surface area contributed by atoms with E-state index in [9.17, 15) is 0 Å². The van der Waals surface area contributed by atoms with Gasteiger partial charge in [0.05, 0.1) is 12.3 Å². The van der Waals surface area contributed by atoms with E-state index >= 15 is 0 Å². The second kappa shape index (κ2) is 7.65. The van der Waals surface area contributed by atoms with Gasteiger partial charge in [0.15, 0.2) is 4.34 Å². The molecule has 0 bridgehead atoms. The lowest BCUT2D eigenvalue weighted by Crippen LogP contribution is -1.97. The molecule has 0 saturated heterocycles. The van der Waals surface area contributed by atoms with Crippen molar-refractivity contribution in [1.29, 1.82) is 0 Å². The zero-order chi connectivity index (χ0) is 16.9. The van der Waals surface area contributed by atoms with E-state index < -0.39 is 0 Å². The van der Waals surface area contributed by atoms with Crippen LogP contribution < -0.4 is 15.8 Å². The molecule has 3 rings (SSSR count). The van der Waals surface area contributed by atoms with Crippen LogP contribution in [0.5, 0.6) is 5.75 Å². The molecule has 1 aromatic carbocycles. The van der Waals surface area contributed by atoms with E-state index in [-0.39, 0.29) is 5.95 Å². The molecule has 0 aliphatic carbocycles. The van der Waals surface area contributed by atoms with Crippen LogP contribution >= 0.6 is 34.7 Å². The summed E-state index contributed by atoms with van der Waals surface area (Å²) in [5.41, 5.74) is 6.42. The Kier molecular flexibility index (Phi) is 5.34. The Morgan fingerprint density at radius 1 is 1.29 bits per heavy atom. The SMILES string of the molecule is CCOc1ccccc1Nc1nnc(Sc2cc(Cl)nc(N)n2)s1. The molecule has 0 spiro atoms. The number of nitrogens with zero attached hydrogens (tertiary/aromatic N) is 4. The van der Waals surface area contributed by atoms with E-state index in [1.54, 1.807) is 6.07 Å². The van der Waals surface area contributed by atoms with Crippen LogP contribution in [0.2, 0.25) is 5.15 Å². The minimum absolute atomic E-state index is 0.124. The van der Waals surface area contributed by atoms with E-state index in [2.05, 4.69) is 25.5 Å². The smallest absolute Gasteiger partial charge is 0.222 e. The lowest BCUT2D eigenvalue weighted by Gasteiger charge is -2.09. The van der Waals surface area contributed by atoms with Crippen molar-refractivity contribution in [3.63, 3.8) is 0 Å². The van der Waals surface area contributed by atoms with Gasteiger partial charge >= 0.3 is 0 Å². The quantitative estimate of drug-likeness (QED) is 0.622. The molecular formula is C14H13ClN6OS2. The van der Waals surface area contributed by atoms with Crippen LogP contribution in [0.3, 0.4) is 0 Å². The number of benzene rings is 1. The zero-order valence-electron chi connectivity index (χ0n) is 12.6. The van der Waals surface area contributed by atoms with Crippen LogP contribution in [-0.4, -0.2) is 26.8 Å². The minimum Gasteiger partial charge on any atom is -0.492 e. The van der Waals surface area contributed by atoms with Gasteiger partial charge in [-0.25, -0.2) is 9.97 Å². The molecule has 0 unspecified atom stereocenters. The highest BCUT2D eigenvalue weighted by Gasteiger charge is 2.10. The first-order chi connectivity index (χ1) is 11.6. The Labute approximate surface area is 151 Å². The molecule has 0 aliphatic heterocycles. The number of para-hydroxylation sites is 2. The van der Waals surface area contributed by atoms with Crippen LogP contribution in [0, 0.1) is 0 Å². The zero-order valence-corrected chi connectivity index (χ0v) is 15.0. The summed E-state index contributed by atoms with van der Waals surface area (Å²) in [5, 5.41) is 13.0. The highest BCUT2D eigenvalue weighted by Crippen LogP contribution is 2.34. The second-order valence-electron chi connectivity index (χ2n) is 4.42. The molecule has 10 heteroatoms. The Morgan fingerprint density at radius 2 is 2.12 bits per heavy atom. The number of aromatic nitrogens is 4. The van der Waals surface area contributed by atoms with Crippen molar-refractivity contribution in [2.24, 2.45) is 0 Å². The number of nitrogen functional groups attached to an aromatic ring is 1. The number of rotatable bonds is 6. The van der Waals surface area contributed by atoms with Crippen molar-refractivity contribution in [3.8, 4) is 5.75 Å². The molecule has 0 saturated carbocycles. The Balaban J connectivity index is 1.74. The Bertz CT molecular complexity index is 823. The van der Waals surface area contributed by atoms with Gasteiger partial charge in [0.25, 0.3) is 0 Å². The standard InChI is InChI=1S/C14H13ClN6OS2/c1-2-22-9-6-4-3-5-8(9)17-13-20-21-14(24-13)23-11-7-10(15)18-12(16)19-11/h3-7H,2H2,1H3,(H,17,20)(H2,16,18,19). The number of halogens is 1. The van der Waals surface area contributed by atoms with Gasteiger partial charge in [-0.3, -0.25) is 0 Å².